The van der Waals surface area contributed by atoms with Crippen molar-refractivity contribution in [2.24, 2.45) is 16.3 Å². The van der Waals surface area contributed by atoms with Gasteiger partial charge in [0, 0.05) is 56.7 Å². The fourth-order valence-corrected chi connectivity index (χ4v) is 5.75. The average molecular weight is 506 g/mol. The first kappa shape index (κ1) is 21.9. The molecule has 2 aliphatic heterocycles. The van der Waals surface area contributed by atoms with Gasteiger partial charge in [-0.2, -0.15) is 0 Å². The zero-order chi connectivity index (χ0) is 18.9. The second kappa shape index (κ2) is 9.36. The van der Waals surface area contributed by atoms with Gasteiger partial charge in [-0.05, 0) is 33.1 Å². The standard InChI is InChI=1S/C20H34N4O3.HI/c1-3-21-18(23-10-12-24(13-11-23)19(25)26-4-2)22-16-15-7-14-27-17(15)20(16)8-5-6-9-20;/h15-17H,3-14H2,1-2H3,(H,21,22);1H. The van der Waals surface area contributed by atoms with Gasteiger partial charge in [0.15, 0.2) is 5.96 Å². The molecule has 0 radical (unpaired) electrons. The van der Waals surface area contributed by atoms with E-state index in [2.05, 4.69) is 17.1 Å². The number of carbonyl (C=O) groups is 1. The molecule has 28 heavy (non-hydrogen) atoms. The van der Waals surface area contributed by atoms with Gasteiger partial charge < -0.3 is 24.6 Å². The van der Waals surface area contributed by atoms with Gasteiger partial charge in [-0.3, -0.25) is 4.99 Å². The molecule has 1 N–H and O–H groups in total. The van der Waals surface area contributed by atoms with E-state index in [1.807, 2.05) is 6.92 Å². The van der Waals surface area contributed by atoms with Crippen molar-refractivity contribution >= 4 is 36.0 Å². The lowest BCUT2D eigenvalue weighted by molar-refractivity contribution is -0.125. The molecule has 3 unspecified atom stereocenters. The smallest absolute Gasteiger partial charge is 0.409 e. The second-order valence-corrected chi connectivity index (χ2v) is 8.28. The number of halogens is 1. The Balaban J connectivity index is 0.00000225. The van der Waals surface area contributed by atoms with Crippen molar-refractivity contribution in [2.45, 2.75) is 58.1 Å². The Morgan fingerprint density at radius 3 is 2.50 bits per heavy atom. The third kappa shape index (κ3) is 3.82. The number of fused-ring (bicyclic) bond motifs is 2. The maximum atomic E-state index is 12.0. The van der Waals surface area contributed by atoms with E-state index in [0.717, 1.165) is 32.2 Å². The highest BCUT2D eigenvalue weighted by molar-refractivity contribution is 14.0. The summed E-state index contributed by atoms with van der Waals surface area (Å²) in [6, 6.07) is 0.487. The van der Waals surface area contributed by atoms with Gasteiger partial charge in [0.25, 0.3) is 0 Å². The number of hydrogen-bond donors (Lipinski definition) is 1. The summed E-state index contributed by atoms with van der Waals surface area (Å²) in [7, 11) is 0. The minimum atomic E-state index is -0.200. The summed E-state index contributed by atoms with van der Waals surface area (Å²) in [6.07, 6.45) is 6.63. The molecule has 2 aliphatic carbocycles. The number of carbonyl (C=O) groups excluding carboxylic acids is 1. The number of nitrogens with zero attached hydrogens (tertiary/aromatic N) is 3. The van der Waals surface area contributed by atoms with Crippen LogP contribution in [0, 0.1) is 11.3 Å². The van der Waals surface area contributed by atoms with Gasteiger partial charge in [0.1, 0.15) is 0 Å². The number of rotatable bonds is 3. The molecule has 2 saturated heterocycles. The first-order valence-electron chi connectivity index (χ1n) is 10.8. The Labute approximate surface area is 185 Å². The molecule has 7 nitrogen and oxygen atoms in total. The third-order valence-corrected chi connectivity index (χ3v) is 6.98. The van der Waals surface area contributed by atoms with Crippen LogP contribution < -0.4 is 5.32 Å². The summed E-state index contributed by atoms with van der Waals surface area (Å²) in [5.41, 5.74) is 0.322. The lowest BCUT2D eigenvalue weighted by atomic mass is 9.54. The molecule has 2 heterocycles. The molecule has 1 amide bonds. The van der Waals surface area contributed by atoms with Crippen molar-refractivity contribution in [3.8, 4) is 0 Å². The van der Waals surface area contributed by atoms with Crippen LogP contribution >= 0.6 is 24.0 Å². The van der Waals surface area contributed by atoms with Gasteiger partial charge in [-0.25, -0.2) is 4.79 Å². The Hall–Kier alpha value is -0.770. The van der Waals surface area contributed by atoms with E-state index in [4.69, 9.17) is 14.5 Å². The van der Waals surface area contributed by atoms with Crippen molar-refractivity contribution in [2.75, 3.05) is 45.9 Å². The molecule has 0 aromatic carbocycles. The number of guanidine groups is 1. The summed E-state index contributed by atoms with van der Waals surface area (Å²) < 4.78 is 11.3. The van der Waals surface area contributed by atoms with E-state index in [-0.39, 0.29) is 30.1 Å². The van der Waals surface area contributed by atoms with E-state index in [0.29, 0.717) is 43.2 Å². The van der Waals surface area contributed by atoms with E-state index >= 15 is 0 Å². The van der Waals surface area contributed by atoms with Crippen LogP contribution in [0.3, 0.4) is 0 Å². The minimum absolute atomic E-state index is 0. The number of hydrogen-bond acceptors (Lipinski definition) is 4. The van der Waals surface area contributed by atoms with E-state index in [9.17, 15) is 4.79 Å². The molecule has 8 heteroatoms. The second-order valence-electron chi connectivity index (χ2n) is 8.28. The predicted octanol–water partition coefficient (Wildman–Crippen LogP) is 2.69. The molecule has 0 aromatic heterocycles. The normalized spacial score (nSPS) is 31.2. The molecular weight excluding hydrogens is 471 g/mol. The lowest BCUT2D eigenvalue weighted by Crippen LogP contribution is -2.70. The van der Waals surface area contributed by atoms with Crippen molar-refractivity contribution < 1.29 is 14.3 Å². The van der Waals surface area contributed by atoms with Crippen LogP contribution in [0.1, 0.15) is 46.0 Å². The topological polar surface area (TPSA) is 66.4 Å². The molecule has 4 rings (SSSR count). The fourth-order valence-electron chi connectivity index (χ4n) is 5.75. The highest BCUT2D eigenvalue weighted by atomic mass is 127. The van der Waals surface area contributed by atoms with Crippen LogP contribution in [0.4, 0.5) is 4.79 Å². The van der Waals surface area contributed by atoms with Crippen LogP contribution in [-0.2, 0) is 9.47 Å². The molecular formula is C20H35IN4O3. The van der Waals surface area contributed by atoms with Crippen molar-refractivity contribution in [1.29, 1.82) is 0 Å². The van der Waals surface area contributed by atoms with E-state index in [1.54, 1.807) is 4.90 Å². The van der Waals surface area contributed by atoms with Gasteiger partial charge in [0.05, 0.1) is 12.7 Å². The monoisotopic (exact) mass is 506 g/mol. The Morgan fingerprint density at radius 2 is 1.86 bits per heavy atom. The highest BCUT2D eigenvalue weighted by Crippen LogP contribution is 2.60. The van der Waals surface area contributed by atoms with Crippen LogP contribution in [-0.4, -0.2) is 79.9 Å². The fraction of sp³-hybridized carbons (Fsp3) is 0.900. The van der Waals surface area contributed by atoms with E-state index in [1.165, 1.54) is 32.1 Å². The Bertz CT molecular complexity index is 574. The van der Waals surface area contributed by atoms with Crippen molar-refractivity contribution in [3.63, 3.8) is 0 Å². The Morgan fingerprint density at radius 1 is 1.18 bits per heavy atom. The quantitative estimate of drug-likeness (QED) is 0.362. The highest BCUT2D eigenvalue weighted by Gasteiger charge is 2.65. The number of nitrogens with one attached hydrogen (secondary N) is 1. The first-order valence-corrected chi connectivity index (χ1v) is 10.8. The summed E-state index contributed by atoms with van der Waals surface area (Å²) >= 11 is 0. The van der Waals surface area contributed by atoms with Crippen molar-refractivity contribution in [3.05, 3.63) is 0 Å². The molecule has 4 fully saturated rings. The first-order chi connectivity index (χ1) is 13.2. The predicted molar refractivity (Wildman–Crippen MR) is 119 cm³/mol. The number of aliphatic imine (C=N–C) groups is 1. The third-order valence-electron chi connectivity index (χ3n) is 6.98. The number of ether oxygens (including phenoxy) is 2. The number of piperazine rings is 1. The van der Waals surface area contributed by atoms with Crippen LogP contribution in [0.2, 0.25) is 0 Å². The van der Waals surface area contributed by atoms with Crippen LogP contribution in [0.25, 0.3) is 0 Å². The van der Waals surface area contributed by atoms with Crippen molar-refractivity contribution in [1.82, 2.24) is 15.1 Å². The lowest BCUT2D eigenvalue weighted by Gasteiger charge is -2.57. The van der Waals surface area contributed by atoms with Gasteiger partial charge in [-0.15, -0.1) is 24.0 Å². The molecule has 3 atom stereocenters. The van der Waals surface area contributed by atoms with Crippen LogP contribution in [0.5, 0.6) is 0 Å². The summed E-state index contributed by atoms with van der Waals surface area (Å²) in [5.74, 6) is 1.65. The number of amides is 1. The maximum Gasteiger partial charge on any atom is 0.409 e. The molecule has 1 spiro atoms. The minimum Gasteiger partial charge on any atom is -0.450 e. The SMILES string of the molecule is CCN=C(NC1C2CCOC2C12CCCC2)N1CCN(C(=O)OCC)CC1.I. The summed E-state index contributed by atoms with van der Waals surface area (Å²) in [5, 5.41) is 3.86. The molecule has 2 saturated carbocycles. The van der Waals surface area contributed by atoms with Gasteiger partial charge >= 0.3 is 6.09 Å². The Kier molecular flexibility index (Phi) is 7.33. The van der Waals surface area contributed by atoms with Crippen LogP contribution in [0.15, 0.2) is 4.99 Å². The summed E-state index contributed by atoms with van der Waals surface area (Å²) in [6.45, 7) is 9.02. The van der Waals surface area contributed by atoms with Gasteiger partial charge in [0.2, 0.25) is 0 Å². The molecule has 0 aromatic rings. The van der Waals surface area contributed by atoms with E-state index < -0.39 is 0 Å². The maximum absolute atomic E-state index is 12.0. The zero-order valence-electron chi connectivity index (χ0n) is 17.2. The zero-order valence-corrected chi connectivity index (χ0v) is 19.5. The summed E-state index contributed by atoms with van der Waals surface area (Å²) in [4.78, 5) is 20.9. The largest absolute Gasteiger partial charge is 0.450 e. The molecule has 0 bridgehead atoms. The van der Waals surface area contributed by atoms with Gasteiger partial charge in [-0.1, -0.05) is 12.8 Å². The molecule has 160 valence electrons. The average Bonchev–Trinajstić information content (AvgIpc) is 3.34. The molecule has 4 aliphatic rings.